The summed E-state index contributed by atoms with van der Waals surface area (Å²) in [5, 5.41) is 9.19. The fourth-order valence-corrected chi connectivity index (χ4v) is 3.40. The smallest absolute Gasteiger partial charge is 0.325 e. The van der Waals surface area contributed by atoms with Crippen LogP contribution in [0.15, 0.2) is 24.3 Å². The Morgan fingerprint density at radius 2 is 1.75 bits per heavy atom. The Balaban J connectivity index is 1.72. The quantitative estimate of drug-likeness (QED) is 0.643. The maximum atomic E-state index is 11.2. The molecule has 0 radical (unpaired) electrons. The largest absolute Gasteiger partial charge is 0.480 e. The molecule has 1 aromatic rings. The van der Waals surface area contributed by atoms with E-state index in [1.54, 1.807) is 0 Å². The Kier molecular flexibility index (Phi) is 7.25. The third-order valence-electron chi connectivity index (χ3n) is 5.05. The number of nitrogens with two attached hydrogens (primary N) is 1. The van der Waals surface area contributed by atoms with E-state index >= 15 is 0 Å². The highest BCUT2D eigenvalue weighted by atomic mass is 16.4. The Labute approximate surface area is 146 Å². The van der Waals surface area contributed by atoms with Crippen molar-refractivity contribution in [3.63, 3.8) is 0 Å². The van der Waals surface area contributed by atoms with Crippen LogP contribution in [0.2, 0.25) is 0 Å². The van der Waals surface area contributed by atoms with Gasteiger partial charge in [-0.2, -0.15) is 0 Å². The van der Waals surface area contributed by atoms with Gasteiger partial charge in [0.1, 0.15) is 5.54 Å². The van der Waals surface area contributed by atoms with E-state index in [1.807, 2.05) is 0 Å². The molecule has 0 saturated carbocycles. The monoisotopic (exact) mass is 332 g/mol. The highest BCUT2D eigenvalue weighted by molar-refractivity contribution is 5.79. The Morgan fingerprint density at radius 3 is 2.38 bits per heavy atom. The molecule has 24 heavy (non-hydrogen) atoms. The minimum atomic E-state index is -1.07. The van der Waals surface area contributed by atoms with Crippen LogP contribution in [0.25, 0.3) is 0 Å². The molecule has 1 aromatic carbocycles. The second-order valence-electron chi connectivity index (χ2n) is 7.26. The van der Waals surface area contributed by atoms with Gasteiger partial charge in [0.25, 0.3) is 0 Å². The van der Waals surface area contributed by atoms with Gasteiger partial charge >= 0.3 is 5.97 Å². The van der Waals surface area contributed by atoms with Crippen LogP contribution in [0.4, 0.5) is 0 Å². The number of hydrogen-bond acceptors (Lipinski definition) is 3. The van der Waals surface area contributed by atoms with Gasteiger partial charge in [-0.05, 0) is 30.4 Å². The van der Waals surface area contributed by atoms with Crippen molar-refractivity contribution in [1.29, 1.82) is 0 Å². The third-order valence-corrected chi connectivity index (χ3v) is 5.05. The molecule has 0 amide bonds. The van der Waals surface area contributed by atoms with Gasteiger partial charge in [-0.3, -0.25) is 9.69 Å². The second-order valence-corrected chi connectivity index (χ2v) is 7.26. The molecule has 1 atom stereocenters. The predicted molar refractivity (Wildman–Crippen MR) is 98.0 cm³/mol. The summed E-state index contributed by atoms with van der Waals surface area (Å²) in [5.74, 6) is -0.890. The van der Waals surface area contributed by atoms with Crippen molar-refractivity contribution < 1.29 is 9.90 Å². The molecule has 0 spiro atoms. The van der Waals surface area contributed by atoms with Crippen LogP contribution in [0.1, 0.15) is 63.0 Å². The Bertz CT molecular complexity index is 515. The second kappa shape index (κ2) is 9.19. The third kappa shape index (κ3) is 5.60. The number of carbonyl (C=O) groups is 1. The van der Waals surface area contributed by atoms with E-state index in [0.29, 0.717) is 13.0 Å². The van der Waals surface area contributed by atoms with Gasteiger partial charge in [0.15, 0.2) is 0 Å². The van der Waals surface area contributed by atoms with Gasteiger partial charge in [-0.15, -0.1) is 0 Å². The van der Waals surface area contributed by atoms with Crippen LogP contribution in [-0.2, 0) is 17.8 Å². The standard InChI is InChI=1S/C20H32N2O2/c1-2-3-4-5-6-7-8-17-9-11-18(12-10-17)15-22-14-13-20(21,16-22)19(23)24/h9-12H,2-8,13-16,21H2,1H3,(H,23,24). The van der Waals surface area contributed by atoms with Gasteiger partial charge in [0.05, 0.1) is 0 Å². The van der Waals surface area contributed by atoms with E-state index in [4.69, 9.17) is 5.73 Å². The van der Waals surface area contributed by atoms with Crippen molar-refractivity contribution in [2.45, 2.75) is 70.4 Å². The number of aryl methyl sites for hydroxylation is 1. The van der Waals surface area contributed by atoms with E-state index in [2.05, 4.69) is 36.1 Å². The van der Waals surface area contributed by atoms with Crippen LogP contribution >= 0.6 is 0 Å². The van der Waals surface area contributed by atoms with Crippen LogP contribution in [0.3, 0.4) is 0 Å². The van der Waals surface area contributed by atoms with E-state index in [1.165, 1.54) is 49.7 Å². The fourth-order valence-electron chi connectivity index (χ4n) is 3.40. The van der Waals surface area contributed by atoms with Gasteiger partial charge in [0, 0.05) is 19.6 Å². The van der Waals surface area contributed by atoms with E-state index in [0.717, 1.165) is 19.5 Å². The number of hydrogen-bond donors (Lipinski definition) is 2. The molecular weight excluding hydrogens is 300 g/mol. The van der Waals surface area contributed by atoms with Crippen LogP contribution < -0.4 is 5.73 Å². The predicted octanol–water partition coefficient (Wildman–Crippen LogP) is 3.58. The summed E-state index contributed by atoms with van der Waals surface area (Å²) in [6.07, 6.45) is 9.65. The molecule has 1 aliphatic heterocycles. The number of carboxylic acids is 1. The number of carboxylic acid groups (broad SMARTS) is 1. The first-order valence-electron chi connectivity index (χ1n) is 9.36. The van der Waals surface area contributed by atoms with E-state index in [9.17, 15) is 9.90 Å². The summed E-state index contributed by atoms with van der Waals surface area (Å²) >= 11 is 0. The highest BCUT2D eigenvalue weighted by Crippen LogP contribution is 2.21. The zero-order chi connectivity index (χ0) is 17.4. The van der Waals surface area contributed by atoms with Crippen molar-refractivity contribution in [2.75, 3.05) is 13.1 Å². The van der Waals surface area contributed by atoms with Crippen molar-refractivity contribution in [2.24, 2.45) is 5.73 Å². The molecular formula is C20H32N2O2. The molecule has 1 fully saturated rings. The average Bonchev–Trinajstić information content (AvgIpc) is 2.95. The molecule has 0 aliphatic carbocycles. The highest BCUT2D eigenvalue weighted by Gasteiger charge is 2.40. The van der Waals surface area contributed by atoms with Crippen molar-refractivity contribution in [3.8, 4) is 0 Å². The zero-order valence-electron chi connectivity index (χ0n) is 15.0. The minimum absolute atomic E-state index is 0.432. The summed E-state index contributed by atoms with van der Waals surface area (Å²) < 4.78 is 0. The van der Waals surface area contributed by atoms with Gasteiger partial charge in [-0.1, -0.05) is 63.3 Å². The van der Waals surface area contributed by atoms with Crippen molar-refractivity contribution in [1.82, 2.24) is 4.90 Å². The Hall–Kier alpha value is -1.39. The molecule has 1 saturated heterocycles. The van der Waals surface area contributed by atoms with Crippen molar-refractivity contribution in [3.05, 3.63) is 35.4 Å². The SMILES string of the molecule is CCCCCCCCc1ccc(CN2CCC(N)(C(=O)O)C2)cc1. The van der Waals surface area contributed by atoms with E-state index in [-0.39, 0.29) is 0 Å². The lowest BCUT2D eigenvalue weighted by atomic mass is 10.0. The molecule has 1 heterocycles. The molecule has 4 nitrogen and oxygen atoms in total. The molecule has 3 N–H and O–H groups in total. The number of nitrogens with zero attached hydrogens (tertiary/aromatic N) is 1. The summed E-state index contributed by atoms with van der Waals surface area (Å²) in [7, 11) is 0. The van der Waals surface area contributed by atoms with Gasteiger partial charge < -0.3 is 10.8 Å². The lowest BCUT2D eigenvalue weighted by molar-refractivity contribution is -0.142. The molecule has 1 unspecified atom stereocenters. The van der Waals surface area contributed by atoms with Crippen LogP contribution in [-0.4, -0.2) is 34.6 Å². The number of rotatable bonds is 10. The Morgan fingerprint density at radius 1 is 1.12 bits per heavy atom. The minimum Gasteiger partial charge on any atom is -0.480 e. The molecule has 4 heteroatoms. The fraction of sp³-hybridized carbons (Fsp3) is 0.650. The maximum absolute atomic E-state index is 11.2. The summed E-state index contributed by atoms with van der Waals surface area (Å²) in [6, 6.07) is 8.77. The molecule has 0 aromatic heterocycles. The summed E-state index contributed by atoms with van der Waals surface area (Å²) in [5.41, 5.74) is 7.49. The summed E-state index contributed by atoms with van der Waals surface area (Å²) in [4.78, 5) is 13.3. The first kappa shape index (κ1) is 18.9. The molecule has 0 bridgehead atoms. The number of likely N-dealkylation sites (tertiary alicyclic amines) is 1. The molecule has 2 rings (SSSR count). The number of aliphatic carboxylic acids is 1. The molecule has 1 aliphatic rings. The zero-order valence-corrected chi connectivity index (χ0v) is 15.0. The first-order chi connectivity index (χ1) is 11.5. The normalized spacial score (nSPS) is 21.2. The lowest BCUT2D eigenvalue weighted by Crippen LogP contribution is -2.50. The van der Waals surface area contributed by atoms with Crippen LogP contribution in [0.5, 0.6) is 0 Å². The average molecular weight is 332 g/mol. The first-order valence-corrected chi connectivity index (χ1v) is 9.36. The lowest BCUT2D eigenvalue weighted by Gasteiger charge is -2.20. The van der Waals surface area contributed by atoms with Gasteiger partial charge in [-0.25, -0.2) is 0 Å². The maximum Gasteiger partial charge on any atom is 0.325 e. The number of benzene rings is 1. The topological polar surface area (TPSA) is 66.6 Å². The van der Waals surface area contributed by atoms with Gasteiger partial charge in [0.2, 0.25) is 0 Å². The van der Waals surface area contributed by atoms with E-state index < -0.39 is 11.5 Å². The van der Waals surface area contributed by atoms with Crippen LogP contribution in [0, 0.1) is 0 Å². The molecule has 134 valence electrons. The summed E-state index contributed by atoms with van der Waals surface area (Å²) in [6.45, 7) is 4.21. The van der Waals surface area contributed by atoms with Crippen molar-refractivity contribution >= 4 is 5.97 Å². The number of unbranched alkanes of at least 4 members (excludes halogenated alkanes) is 5.